The summed E-state index contributed by atoms with van der Waals surface area (Å²) in [6.45, 7) is 3.70. The Hall–Kier alpha value is -2.55. The zero-order valence-electron chi connectivity index (χ0n) is 58.7. The first-order valence-electron chi connectivity index (χ1n) is 38.4. The fourth-order valence-corrected chi connectivity index (χ4v) is 12.2. The molecule has 0 aliphatic rings. The number of nitrogens with two attached hydrogens (primary N) is 1. The van der Waals surface area contributed by atoms with Crippen LogP contribution < -0.4 is 5.73 Å². The topological polar surface area (TPSA) is 134 Å². The molecule has 2 atom stereocenters. The Kier molecular flexibility index (Phi) is 72.4. The lowest BCUT2D eigenvalue weighted by molar-refractivity contribution is -0.161. The van der Waals surface area contributed by atoms with E-state index in [1.165, 1.54) is 289 Å². The summed E-state index contributed by atoms with van der Waals surface area (Å²) in [5.74, 6) is -0.806. The molecule has 0 spiro atoms. The smallest absolute Gasteiger partial charge is 0.462 e. The van der Waals surface area contributed by atoms with Gasteiger partial charge in [0.15, 0.2) is 6.10 Å². The third kappa shape index (κ3) is 74.4. The molecule has 3 N–H and O–H groups in total. The van der Waals surface area contributed by atoms with Crippen molar-refractivity contribution in [3.63, 3.8) is 0 Å². The molecule has 0 aromatic rings. The van der Waals surface area contributed by atoms with Crippen LogP contribution in [0.2, 0.25) is 0 Å². The lowest BCUT2D eigenvalue weighted by Gasteiger charge is -2.19. The van der Waals surface area contributed by atoms with Crippen molar-refractivity contribution >= 4 is 19.8 Å². The fraction of sp³-hybridized carbons (Fsp3) is 0.823. The van der Waals surface area contributed by atoms with Gasteiger partial charge in [-0.15, -0.1) is 0 Å². The van der Waals surface area contributed by atoms with Gasteiger partial charge >= 0.3 is 19.8 Å². The van der Waals surface area contributed by atoms with Crippen LogP contribution in [0.5, 0.6) is 0 Å². The number of phosphoric acid groups is 1. The second-order valence-corrected chi connectivity index (χ2v) is 27.3. The Morgan fingerprint density at radius 3 is 0.933 bits per heavy atom. The van der Waals surface area contributed by atoms with Gasteiger partial charge < -0.3 is 20.1 Å². The van der Waals surface area contributed by atoms with Gasteiger partial charge in [-0.25, -0.2) is 4.57 Å². The van der Waals surface area contributed by atoms with Crippen molar-refractivity contribution in [2.45, 2.75) is 392 Å². The Morgan fingerprint density at radius 2 is 0.618 bits per heavy atom. The molecule has 0 aromatic heterocycles. The van der Waals surface area contributed by atoms with Crippen molar-refractivity contribution in [1.29, 1.82) is 0 Å². The summed E-state index contributed by atoms with van der Waals surface area (Å²) in [5, 5.41) is 0. The van der Waals surface area contributed by atoms with E-state index in [1.54, 1.807) is 0 Å². The SMILES string of the molecule is CC/C=C\C/C=C\C/C=C\C/C=C\C/C=C\CCCCCCCCCCCCCCCCCCCCCCCCCC(=O)OC(COC(=O)CCCCCCCCCCCCCCCCCCC/C=C\CCCCCCCCCC)COP(=O)(O)OCCN. The van der Waals surface area contributed by atoms with Gasteiger partial charge in [-0.3, -0.25) is 18.6 Å². The van der Waals surface area contributed by atoms with Crippen molar-refractivity contribution < 1.29 is 37.6 Å². The third-order valence-electron chi connectivity index (χ3n) is 17.1. The van der Waals surface area contributed by atoms with Crippen LogP contribution in [-0.4, -0.2) is 49.3 Å². The number of unbranched alkanes of at least 4 members (excludes halogenated alkanes) is 48. The summed E-state index contributed by atoms with van der Waals surface area (Å²) in [6.07, 6.45) is 98.9. The van der Waals surface area contributed by atoms with Crippen molar-refractivity contribution in [3.8, 4) is 0 Å². The number of hydrogen-bond donors (Lipinski definition) is 2. The molecule has 10 heteroatoms. The molecular weight excluding hydrogens is 1120 g/mol. The maximum Gasteiger partial charge on any atom is 0.472 e. The van der Waals surface area contributed by atoms with Crippen LogP contribution in [0.3, 0.4) is 0 Å². The van der Waals surface area contributed by atoms with E-state index < -0.39 is 26.5 Å². The molecule has 0 fully saturated rings. The highest BCUT2D eigenvalue weighted by Crippen LogP contribution is 2.43. The largest absolute Gasteiger partial charge is 0.472 e. The van der Waals surface area contributed by atoms with E-state index in [0.29, 0.717) is 6.42 Å². The lowest BCUT2D eigenvalue weighted by Crippen LogP contribution is -2.29. The van der Waals surface area contributed by atoms with E-state index in [4.69, 9.17) is 24.3 Å². The van der Waals surface area contributed by atoms with Crippen molar-refractivity contribution in [3.05, 3.63) is 72.9 Å². The summed E-state index contributed by atoms with van der Waals surface area (Å²) >= 11 is 0. The van der Waals surface area contributed by atoms with Crippen LogP contribution in [0.1, 0.15) is 386 Å². The number of phosphoric ester groups is 1. The van der Waals surface area contributed by atoms with Gasteiger partial charge in [0.25, 0.3) is 0 Å². The second-order valence-electron chi connectivity index (χ2n) is 25.8. The van der Waals surface area contributed by atoms with Crippen LogP contribution in [-0.2, 0) is 32.7 Å². The minimum atomic E-state index is -4.39. The monoisotopic (exact) mass is 1270 g/mol. The van der Waals surface area contributed by atoms with E-state index in [0.717, 1.165) is 64.2 Å². The molecule has 520 valence electrons. The standard InChI is InChI=1S/C79H146NO8P/c1-3-5-7-9-11-13-15-17-19-21-23-25-27-29-31-33-34-35-36-37-38-39-40-41-42-44-46-48-50-52-54-56-58-60-62-64-66-68-70-72-79(82)88-77(76-87-89(83,84)86-74-73-80)75-85-78(81)71-69-67-65-63-61-59-57-55-53-51-49-47-45-43-32-30-28-26-24-22-20-18-16-14-12-10-8-6-4-2/h5,7,11,13,17,19,22-25,29,31,77H,3-4,6,8-10,12,14-16,18,20-21,26-28,30,32-76,80H2,1-2H3,(H,83,84)/b7-5-,13-11-,19-17-,24-22-,25-23-,31-29-. The zero-order chi connectivity index (χ0) is 64.4. The quantitative estimate of drug-likeness (QED) is 0.0264. The van der Waals surface area contributed by atoms with Crippen molar-refractivity contribution in [1.82, 2.24) is 0 Å². The Bertz CT molecular complexity index is 1690. The highest BCUT2D eigenvalue weighted by atomic mass is 31.2. The third-order valence-corrected chi connectivity index (χ3v) is 18.1. The molecule has 0 heterocycles. The van der Waals surface area contributed by atoms with Gasteiger partial charge in [0.1, 0.15) is 6.61 Å². The van der Waals surface area contributed by atoms with Crippen LogP contribution in [0.4, 0.5) is 0 Å². The van der Waals surface area contributed by atoms with Crippen molar-refractivity contribution in [2.75, 3.05) is 26.4 Å². The lowest BCUT2D eigenvalue weighted by atomic mass is 10.0. The fourth-order valence-electron chi connectivity index (χ4n) is 11.4. The van der Waals surface area contributed by atoms with Gasteiger partial charge in [0.2, 0.25) is 0 Å². The number of allylic oxidation sites excluding steroid dienone is 12. The van der Waals surface area contributed by atoms with Crippen LogP contribution in [0.15, 0.2) is 72.9 Å². The predicted octanol–water partition coefficient (Wildman–Crippen LogP) is 25.5. The molecule has 0 aliphatic carbocycles. The normalized spacial score (nSPS) is 13.3. The first-order chi connectivity index (χ1) is 43.8. The Labute approximate surface area is 552 Å². The van der Waals surface area contributed by atoms with E-state index in [1.807, 2.05) is 0 Å². The zero-order valence-corrected chi connectivity index (χ0v) is 59.6. The molecule has 0 amide bonds. The van der Waals surface area contributed by atoms with Gasteiger partial charge in [0.05, 0.1) is 13.2 Å². The average molecular weight is 1270 g/mol. The maximum atomic E-state index is 12.8. The summed E-state index contributed by atoms with van der Waals surface area (Å²) in [4.78, 5) is 35.4. The molecule has 2 unspecified atom stereocenters. The van der Waals surface area contributed by atoms with E-state index >= 15 is 0 Å². The first-order valence-corrected chi connectivity index (χ1v) is 39.9. The first kappa shape index (κ1) is 86.5. The predicted molar refractivity (Wildman–Crippen MR) is 386 cm³/mol. The molecule has 0 rings (SSSR count). The number of rotatable bonds is 73. The highest BCUT2D eigenvalue weighted by molar-refractivity contribution is 7.47. The summed E-state index contributed by atoms with van der Waals surface area (Å²) in [6, 6.07) is 0. The molecule has 0 saturated carbocycles. The molecule has 0 bridgehead atoms. The molecule has 0 saturated heterocycles. The van der Waals surface area contributed by atoms with Gasteiger partial charge in [-0.1, -0.05) is 363 Å². The van der Waals surface area contributed by atoms with Crippen LogP contribution in [0.25, 0.3) is 0 Å². The summed E-state index contributed by atoms with van der Waals surface area (Å²) < 4.78 is 33.3. The number of carbonyl (C=O) groups is 2. The van der Waals surface area contributed by atoms with E-state index in [-0.39, 0.29) is 38.6 Å². The Morgan fingerprint density at radius 1 is 0.348 bits per heavy atom. The molecule has 0 aliphatic heterocycles. The van der Waals surface area contributed by atoms with Gasteiger partial charge in [0, 0.05) is 19.4 Å². The highest BCUT2D eigenvalue weighted by Gasteiger charge is 2.26. The number of ether oxygens (including phenoxy) is 2. The Balaban J connectivity index is 3.78. The van der Waals surface area contributed by atoms with Crippen molar-refractivity contribution in [2.24, 2.45) is 5.73 Å². The molecule has 89 heavy (non-hydrogen) atoms. The van der Waals surface area contributed by atoms with Crippen LogP contribution in [0, 0.1) is 0 Å². The maximum absolute atomic E-state index is 12.8. The second kappa shape index (κ2) is 74.5. The van der Waals surface area contributed by atoms with Gasteiger partial charge in [-0.05, 0) is 83.5 Å². The van der Waals surface area contributed by atoms with Gasteiger partial charge in [-0.2, -0.15) is 0 Å². The molecule has 0 radical (unpaired) electrons. The average Bonchev–Trinajstić information content (AvgIpc) is 3.68. The molecular formula is C79H146NO8P. The molecule has 0 aromatic carbocycles. The number of hydrogen-bond acceptors (Lipinski definition) is 8. The number of esters is 2. The van der Waals surface area contributed by atoms with E-state index in [2.05, 4.69) is 86.8 Å². The number of carbonyl (C=O) groups excluding carboxylic acids is 2. The minimum Gasteiger partial charge on any atom is -0.462 e. The minimum absolute atomic E-state index is 0.0549. The van der Waals surface area contributed by atoms with Crippen LogP contribution >= 0.6 is 7.82 Å². The summed E-state index contributed by atoms with van der Waals surface area (Å²) in [5.41, 5.74) is 5.41. The summed E-state index contributed by atoms with van der Waals surface area (Å²) in [7, 11) is -4.39. The molecule has 9 nitrogen and oxygen atoms in total. The van der Waals surface area contributed by atoms with E-state index in [9.17, 15) is 19.0 Å².